The molecule has 0 bridgehead atoms. The average Bonchev–Trinajstić information content (AvgIpc) is 2.50. The van der Waals surface area contributed by atoms with Gasteiger partial charge in [-0.2, -0.15) is 0 Å². The fraction of sp³-hybridized carbons (Fsp3) is 0.143. The van der Waals surface area contributed by atoms with Crippen molar-refractivity contribution in [1.82, 2.24) is 10.3 Å². The fourth-order valence-electron chi connectivity index (χ4n) is 1.72. The van der Waals surface area contributed by atoms with E-state index in [1.54, 1.807) is 24.5 Å². The van der Waals surface area contributed by atoms with Crippen molar-refractivity contribution in [3.63, 3.8) is 0 Å². The SMILES string of the molecule is O=C(NCC(O)c1ccncc1)c1c(Cl)ccc(Cl)c1Cl. The summed E-state index contributed by atoms with van der Waals surface area (Å²) in [7, 11) is 0. The predicted octanol–water partition coefficient (Wildman–Crippen LogP) is 3.51. The number of pyridine rings is 1. The Balaban J connectivity index is 2.08. The number of rotatable bonds is 4. The number of carbonyl (C=O) groups excluding carboxylic acids is 1. The molecule has 4 nitrogen and oxygen atoms in total. The number of nitrogens with zero attached hydrogens (tertiary/aromatic N) is 1. The molecule has 0 radical (unpaired) electrons. The summed E-state index contributed by atoms with van der Waals surface area (Å²) in [5.41, 5.74) is 0.737. The molecule has 1 unspecified atom stereocenters. The molecule has 0 saturated heterocycles. The van der Waals surface area contributed by atoms with Gasteiger partial charge in [0, 0.05) is 18.9 Å². The predicted molar refractivity (Wildman–Crippen MR) is 83.0 cm³/mol. The molecule has 110 valence electrons. The van der Waals surface area contributed by atoms with Gasteiger partial charge in [-0.15, -0.1) is 0 Å². The molecule has 1 aromatic carbocycles. The number of hydrogen-bond donors (Lipinski definition) is 2. The van der Waals surface area contributed by atoms with E-state index in [-0.39, 0.29) is 27.2 Å². The first kappa shape index (κ1) is 16.0. The molecule has 0 aliphatic heterocycles. The van der Waals surface area contributed by atoms with Gasteiger partial charge < -0.3 is 10.4 Å². The van der Waals surface area contributed by atoms with E-state index in [2.05, 4.69) is 10.3 Å². The summed E-state index contributed by atoms with van der Waals surface area (Å²) >= 11 is 17.8. The summed E-state index contributed by atoms with van der Waals surface area (Å²) in [6.07, 6.45) is 2.27. The first-order valence-corrected chi connectivity index (χ1v) is 7.13. The third-order valence-corrected chi connectivity index (χ3v) is 3.94. The number of aliphatic hydroxyl groups is 1. The van der Waals surface area contributed by atoms with Crippen LogP contribution < -0.4 is 5.32 Å². The zero-order chi connectivity index (χ0) is 15.4. The van der Waals surface area contributed by atoms with Crippen molar-refractivity contribution in [3.05, 3.63) is 62.9 Å². The minimum absolute atomic E-state index is 0.0159. The second kappa shape index (κ2) is 7.09. The monoisotopic (exact) mass is 344 g/mol. The fourth-order valence-corrected chi connectivity index (χ4v) is 2.42. The third-order valence-electron chi connectivity index (χ3n) is 2.82. The molecule has 2 aromatic rings. The van der Waals surface area contributed by atoms with Gasteiger partial charge in [0.2, 0.25) is 0 Å². The Bertz CT molecular complexity index is 650. The molecular weight excluding hydrogens is 335 g/mol. The number of nitrogens with one attached hydrogen (secondary N) is 1. The molecule has 0 aliphatic carbocycles. The molecule has 0 aliphatic rings. The summed E-state index contributed by atoms with van der Waals surface area (Å²) in [6.45, 7) is 0.0159. The van der Waals surface area contributed by atoms with E-state index in [1.165, 1.54) is 12.1 Å². The van der Waals surface area contributed by atoms with E-state index in [4.69, 9.17) is 34.8 Å². The maximum Gasteiger partial charge on any atom is 0.254 e. The highest BCUT2D eigenvalue weighted by Crippen LogP contribution is 2.31. The van der Waals surface area contributed by atoms with Gasteiger partial charge in [0.05, 0.1) is 26.7 Å². The van der Waals surface area contributed by atoms with Crippen molar-refractivity contribution in [2.45, 2.75) is 6.10 Å². The lowest BCUT2D eigenvalue weighted by Gasteiger charge is -2.13. The second-order valence-electron chi connectivity index (χ2n) is 4.22. The molecule has 0 fully saturated rings. The van der Waals surface area contributed by atoms with E-state index >= 15 is 0 Å². The zero-order valence-corrected chi connectivity index (χ0v) is 13.0. The highest BCUT2D eigenvalue weighted by Gasteiger charge is 2.18. The molecule has 1 aromatic heterocycles. The highest BCUT2D eigenvalue weighted by atomic mass is 35.5. The van der Waals surface area contributed by atoms with Crippen LogP contribution in [-0.2, 0) is 0 Å². The minimum Gasteiger partial charge on any atom is -0.387 e. The maximum absolute atomic E-state index is 12.1. The standard InChI is InChI=1S/C14H11Cl3N2O2/c15-9-1-2-10(16)13(17)12(9)14(21)19-7-11(20)8-3-5-18-6-4-8/h1-6,11,20H,7H2,(H,19,21). The molecular formula is C14H11Cl3N2O2. The molecule has 1 amide bonds. The smallest absolute Gasteiger partial charge is 0.254 e. The largest absolute Gasteiger partial charge is 0.387 e. The van der Waals surface area contributed by atoms with E-state index in [0.29, 0.717) is 5.56 Å². The van der Waals surface area contributed by atoms with Crippen molar-refractivity contribution < 1.29 is 9.90 Å². The molecule has 7 heteroatoms. The number of carbonyl (C=O) groups is 1. The molecule has 2 rings (SSSR count). The summed E-state index contributed by atoms with van der Waals surface area (Å²) in [5.74, 6) is -0.499. The van der Waals surface area contributed by atoms with Crippen LogP contribution >= 0.6 is 34.8 Å². The lowest BCUT2D eigenvalue weighted by Crippen LogP contribution is -2.28. The number of amides is 1. The number of hydrogen-bond acceptors (Lipinski definition) is 3. The topological polar surface area (TPSA) is 62.2 Å². The van der Waals surface area contributed by atoms with Gasteiger partial charge in [-0.25, -0.2) is 0 Å². The summed E-state index contributed by atoms with van der Waals surface area (Å²) < 4.78 is 0. The Morgan fingerprint density at radius 3 is 2.43 bits per heavy atom. The van der Waals surface area contributed by atoms with Crippen molar-refractivity contribution in [2.75, 3.05) is 6.54 Å². The van der Waals surface area contributed by atoms with Gasteiger partial charge in [0.15, 0.2) is 0 Å². The Kier molecular flexibility index (Phi) is 5.42. The molecule has 21 heavy (non-hydrogen) atoms. The number of aliphatic hydroxyl groups excluding tert-OH is 1. The molecule has 0 saturated carbocycles. The lowest BCUT2D eigenvalue weighted by molar-refractivity contribution is 0.0916. The van der Waals surface area contributed by atoms with Crippen LogP contribution in [-0.4, -0.2) is 22.5 Å². The Morgan fingerprint density at radius 2 is 1.76 bits per heavy atom. The van der Waals surface area contributed by atoms with Crippen LogP contribution in [0.5, 0.6) is 0 Å². The van der Waals surface area contributed by atoms with E-state index < -0.39 is 12.0 Å². The Labute approximate surface area is 136 Å². The van der Waals surface area contributed by atoms with E-state index in [1.807, 2.05) is 0 Å². The first-order chi connectivity index (χ1) is 10.0. The van der Waals surface area contributed by atoms with E-state index in [9.17, 15) is 9.90 Å². The zero-order valence-electron chi connectivity index (χ0n) is 10.7. The molecule has 2 N–H and O–H groups in total. The van der Waals surface area contributed by atoms with Gasteiger partial charge >= 0.3 is 0 Å². The van der Waals surface area contributed by atoms with E-state index in [0.717, 1.165) is 0 Å². The van der Waals surface area contributed by atoms with Gasteiger partial charge in [0.25, 0.3) is 5.91 Å². The summed E-state index contributed by atoms with van der Waals surface area (Å²) in [6, 6.07) is 6.32. The van der Waals surface area contributed by atoms with Gasteiger partial charge in [0.1, 0.15) is 0 Å². The molecule has 0 spiro atoms. The van der Waals surface area contributed by atoms with Gasteiger partial charge in [-0.3, -0.25) is 9.78 Å². The molecule has 1 atom stereocenters. The van der Waals surface area contributed by atoms with Crippen LogP contribution in [0.4, 0.5) is 0 Å². The Morgan fingerprint density at radius 1 is 1.14 bits per heavy atom. The van der Waals surface area contributed by atoms with Crippen molar-refractivity contribution in [3.8, 4) is 0 Å². The van der Waals surface area contributed by atoms with Gasteiger partial charge in [-0.05, 0) is 29.8 Å². The number of aromatic nitrogens is 1. The normalized spacial score (nSPS) is 12.0. The number of benzene rings is 1. The summed E-state index contributed by atoms with van der Waals surface area (Å²) in [5, 5.41) is 13.1. The van der Waals surface area contributed by atoms with Crippen molar-refractivity contribution in [1.29, 1.82) is 0 Å². The summed E-state index contributed by atoms with van der Waals surface area (Å²) in [4.78, 5) is 16.0. The third kappa shape index (κ3) is 3.86. The van der Waals surface area contributed by atoms with Crippen LogP contribution in [0, 0.1) is 0 Å². The van der Waals surface area contributed by atoms with Crippen molar-refractivity contribution in [2.24, 2.45) is 0 Å². The first-order valence-electron chi connectivity index (χ1n) is 6.00. The van der Waals surface area contributed by atoms with Crippen LogP contribution in [0.15, 0.2) is 36.7 Å². The molecule has 1 heterocycles. The lowest BCUT2D eigenvalue weighted by atomic mass is 10.1. The van der Waals surface area contributed by atoms with Crippen LogP contribution in [0.3, 0.4) is 0 Å². The second-order valence-corrected chi connectivity index (χ2v) is 5.42. The van der Waals surface area contributed by atoms with Crippen LogP contribution in [0.1, 0.15) is 22.0 Å². The van der Waals surface area contributed by atoms with Crippen LogP contribution in [0.2, 0.25) is 15.1 Å². The Hall–Kier alpha value is -1.33. The quantitative estimate of drug-likeness (QED) is 0.834. The highest BCUT2D eigenvalue weighted by molar-refractivity contribution is 6.46. The maximum atomic E-state index is 12.1. The van der Waals surface area contributed by atoms with Crippen LogP contribution in [0.25, 0.3) is 0 Å². The van der Waals surface area contributed by atoms with Gasteiger partial charge in [-0.1, -0.05) is 34.8 Å². The number of halogens is 3. The van der Waals surface area contributed by atoms with Crippen molar-refractivity contribution >= 4 is 40.7 Å². The average molecular weight is 346 g/mol. The minimum atomic E-state index is -0.853.